The molecule has 3 aromatic rings. The van der Waals surface area contributed by atoms with Crippen molar-refractivity contribution in [1.82, 2.24) is 14.9 Å². The highest BCUT2D eigenvalue weighted by Crippen LogP contribution is 2.35. The molecule has 0 fully saturated rings. The minimum Gasteiger partial charge on any atom is -0.340 e. The van der Waals surface area contributed by atoms with Gasteiger partial charge in [0.05, 0.1) is 11.3 Å². The van der Waals surface area contributed by atoms with Crippen molar-refractivity contribution in [3.8, 4) is 0 Å². The molecule has 0 radical (unpaired) electrons. The van der Waals surface area contributed by atoms with E-state index in [0.717, 1.165) is 18.0 Å². The summed E-state index contributed by atoms with van der Waals surface area (Å²) in [7, 11) is 1.63. The molecule has 0 bridgehead atoms. The zero-order valence-electron chi connectivity index (χ0n) is 14.9. The van der Waals surface area contributed by atoms with Gasteiger partial charge in [-0.15, -0.1) is 0 Å². The van der Waals surface area contributed by atoms with E-state index in [9.17, 15) is 18.0 Å². The predicted octanol–water partition coefficient (Wildman–Crippen LogP) is 4.51. The summed E-state index contributed by atoms with van der Waals surface area (Å²) in [6.07, 6.45) is -3.37. The lowest BCUT2D eigenvalue weighted by Crippen LogP contribution is -2.27. The number of hydrogen-bond acceptors (Lipinski definition) is 4. The van der Waals surface area contributed by atoms with E-state index in [1.165, 1.54) is 29.2 Å². The van der Waals surface area contributed by atoms with Crippen LogP contribution in [0.3, 0.4) is 0 Å². The minimum atomic E-state index is -4.51. The minimum absolute atomic E-state index is 0.0837. The Morgan fingerprint density at radius 1 is 1.04 bits per heavy atom. The van der Waals surface area contributed by atoms with Gasteiger partial charge < -0.3 is 10.2 Å². The molecule has 0 aliphatic heterocycles. The lowest BCUT2D eigenvalue weighted by atomic mass is 10.1. The van der Waals surface area contributed by atoms with Crippen molar-refractivity contribution in [1.29, 1.82) is 0 Å². The maximum atomic E-state index is 13.1. The van der Waals surface area contributed by atoms with Crippen LogP contribution >= 0.6 is 0 Å². The van der Waals surface area contributed by atoms with Crippen LogP contribution in [0.4, 0.5) is 24.7 Å². The molecule has 0 unspecified atom stereocenters. The number of anilines is 2. The molecule has 0 aliphatic carbocycles. The Morgan fingerprint density at radius 3 is 2.43 bits per heavy atom. The zero-order chi connectivity index (χ0) is 20.1. The fourth-order valence-electron chi connectivity index (χ4n) is 2.64. The number of nitrogens with zero attached hydrogens (tertiary/aromatic N) is 3. The Bertz CT molecular complexity index is 961. The first-order valence-electron chi connectivity index (χ1n) is 8.39. The molecule has 8 heteroatoms. The van der Waals surface area contributed by atoms with Gasteiger partial charge in [0, 0.05) is 19.7 Å². The van der Waals surface area contributed by atoms with Crippen LogP contribution in [-0.2, 0) is 12.7 Å². The number of rotatable bonds is 5. The van der Waals surface area contributed by atoms with E-state index in [1.807, 2.05) is 30.3 Å². The van der Waals surface area contributed by atoms with E-state index < -0.39 is 11.7 Å². The molecule has 2 aromatic carbocycles. The van der Waals surface area contributed by atoms with Gasteiger partial charge in [0.15, 0.2) is 0 Å². The third-order valence-electron chi connectivity index (χ3n) is 3.99. The molecular weight excluding hydrogens is 369 g/mol. The van der Waals surface area contributed by atoms with E-state index in [4.69, 9.17) is 0 Å². The molecule has 5 nitrogen and oxygen atoms in total. The summed E-state index contributed by atoms with van der Waals surface area (Å²) in [6, 6.07) is 15.8. The van der Waals surface area contributed by atoms with E-state index >= 15 is 0 Å². The molecule has 0 saturated heterocycles. The fraction of sp³-hybridized carbons (Fsp3) is 0.150. The summed E-state index contributed by atoms with van der Waals surface area (Å²) in [5.41, 5.74) is 0.0673. The molecule has 1 heterocycles. The van der Waals surface area contributed by atoms with Crippen molar-refractivity contribution in [2.24, 2.45) is 0 Å². The number of nitrogens with one attached hydrogen (secondary N) is 1. The third kappa shape index (κ3) is 4.64. The van der Waals surface area contributed by atoms with Crippen LogP contribution in [0.1, 0.15) is 21.6 Å². The number of aromatic nitrogens is 2. The first-order chi connectivity index (χ1) is 13.3. The van der Waals surface area contributed by atoms with Gasteiger partial charge >= 0.3 is 6.18 Å². The number of hydrogen-bond donors (Lipinski definition) is 1. The molecule has 3 rings (SSSR count). The second kappa shape index (κ2) is 8.08. The summed E-state index contributed by atoms with van der Waals surface area (Å²) in [5.74, 6) is -0.262. The zero-order valence-corrected chi connectivity index (χ0v) is 14.9. The molecule has 144 valence electrons. The maximum absolute atomic E-state index is 13.1. The molecule has 1 N–H and O–H groups in total. The molecule has 1 amide bonds. The summed E-state index contributed by atoms with van der Waals surface area (Å²) >= 11 is 0. The Labute approximate surface area is 159 Å². The van der Waals surface area contributed by atoms with Gasteiger partial charge in [0.1, 0.15) is 17.8 Å². The van der Waals surface area contributed by atoms with E-state index in [0.29, 0.717) is 6.54 Å². The third-order valence-corrected chi connectivity index (χ3v) is 3.99. The largest absolute Gasteiger partial charge is 0.418 e. The van der Waals surface area contributed by atoms with Gasteiger partial charge in [-0.2, -0.15) is 13.2 Å². The average Bonchev–Trinajstić information content (AvgIpc) is 2.68. The SMILES string of the molecule is CN(Cc1ccccc1)C(=O)c1cc(Nc2ccccc2C(F)(F)F)ncn1. The maximum Gasteiger partial charge on any atom is 0.418 e. The first kappa shape index (κ1) is 19.3. The normalized spacial score (nSPS) is 11.1. The van der Waals surface area contributed by atoms with Crippen LogP contribution in [0.5, 0.6) is 0 Å². The molecule has 28 heavy (non-hydrogen) atoms. The second-order valence-electron chi connectivity index (χ2n) is 6.10. The Morgan fingerprint density at radius 2 is 1.71 bits per heavy atom. The van der Waals surface area contributed by atoms with E-state index in [-0.39, 0.29) is 23.1 Å². The number of alkyl halides is 3. The predicted molar refractivity (Wildman–Crippen MR) is 99.0 cm³/mol. The van der Waals surface area contributed by atoms with Crippen LogP contribution in [0.25, 0.3) is 0 Å². The van der Waals surface area contributed by atoms with Crippen molar-refractivity contribution in [2.75, 3.05) is 12.4 Å². The number of halogens is 3. The van der Waals surface area contributed by atoms with Gasteiger partial charge in [-0.1, -0.05) is 42.5 Å². The standard InChI is InChI=1S/C20H17F3N4O/c1-27(12-14-7-3-2-4-8-14)19(28)17-11-18(25-13-24-17)26-16-10-6-5-9-15(16)20(21,22)23/h2-11,13H,12H2,1H3,(H,24,25,26). The summed E-state index contributed by atoms with van der Waals surface area (Å²) < 4.78 is 39.4. The smallest absolute Gasteiger partial charge is 0.340 e. The first-order valence-corrected chi connectivity index (χ1v) is 8.39. The van der Waals surface area contributed by atoms with E-state index in [2.05, 4.69) is 15.3 Å². The summed E-state index contributed by atoms with van der Waals surface area (Å²) in [4.78, 5) is 22.0. The van der Waals surface area contributed by atoms with Gasteiger partial charge in [0.25, 0.3) is 5.91 Å². The number of carbonyl (C=O) groups is 1. The Kier molecular flexibility index (Phi) is 5.58. The van der Waals surface area contributed by atoms with Crippen molar-refractivity contribution in [3.63, 3.8) is 0 Å². The molecule has 0 aliphatic rings. The molecule has 0 saturated carbocycles. The summed E-state index contributed by atoms with van der Waals surface area (Å²) in [5, 5.41) is 2.62. The highest BCUT2D eigenvalue weighted by atomic mass is 19.4. The van der Waals surface area contributed by atoms with Crippen LogP contribution in [-0.4, -0.2) is 27.8 Å². The molecule has 0 atom stereocenters. The highest BCUT2D eigenvalue weighted by molar-refractivity contribution is 5.92. The lowest BCUT2D eigenvalue weighted by molar-refractivity contribution is -0.136. The van der Waals surface area contributed by atoms with Crippen molar-refractivity contribution in [3.05, 3.63) is 83.8 Å². The van der Waals surface area contributed by atoms with Gasteiger partial charge in [-0.25, -0.2) is 9.97 Å². The molecule has 0 spiro atoms. The van der Waals surface area contributed by atoms with Crippen molar-refractivity contribution in [2.45, 2.75) is 12.7 Å². The topological polar surface area (TPSA) is 58.1 Å². The molecule has 1 aromatic heterocycles. The number of amides is 1. The average molecular weight is 386 g/mol. The van der Waals surface area contributed by atoms with E-state index in [1.54, 1.807) is 7.05 Å². The van der Waals surface area contributed by atoms with Crippen molar-refractivity contribution < 1.29 is 18.0 Å². The number of para-hydroxylation sites is 1. The highest BCUT2D eigenvalue weighted by Gasteiger charge is 2.33. The van der Waals surface area contributed by atoms with Gasteiger partial charge in [-0.3, -0.25) is 4.79 Å². The lowest BCUT2D eigenvalue weighted by Gasteiger charge is -2.17. The van der Waals surface area contributed by atoms with Gasteiger partial charge in [-0.05, 0) is 17.7 Å². The van der Waals surface area contributed by atoms with Crippen LogP contribution in [0, 0.1) is 0 Å². The van der Waals surface area contributed by atoms with Crippen LogP contribution in [0.15, 0.2) is 67.0 Å². The second-order valence-corrected chi connectivity index (χ2v) is 6.10. The number of benzene rings is 2. The quantitative estimate of drug-likeness (QED) is 0.701. The number of carbonyl (C=O) groups excluding carboxylic acids is 1. The Hall–Kier alpha value is -3.42. The summed E-state index contributed by atoms with van der Waals surface area (Å²) in [6.45, 7) is 0.378. The van der Waals surface area contributed by atoms with Gasteiger partial charge in [0.2, 0.25) is 0 Å². The molecular formula is C20H17F3N4O. The fourth-order valence-corrected chi connectivity index (χ4v) is 2.64. The van der Waals surface area contributed by atoms with Crippen LogP contribution < -0.4 is 5.32 Å². The monoisotopic (exact) mass is 386 g/mol. The Balaban J connectivity index is 1.78. The van der Waals surface area contributed by atoms with Crippen molar-refractivity contribution >= 4 is 17.4 Å². The van der Waals surface area contributed by atoms with Crippen LogP contribution in [0.2, 0.25) is 0 Å².